The Hall–Kier alpha value is -3.32. The van der Waals surface area contributed by atoms with Crippen molar-refractivity contribution in [3.8, 4) is 5.75 Å². The summed E-state index contributed by atoms with van der Waals surface area (Å²) in [4.78, 5) is 12.7. The Kier molecular flexibility index (Phi) is 6.74. The normalized spacial score (nSPS) is 12.1. The first-order valence-electron chi connectivity index (χ1n) is 9.52. The summed E-state index contributed by atoms with van der Waals surface area (Å²) >= 11 is 0. The molecule has 0 spiro atoms. The number of hydrogen-bond acceptors (Lipinski definition) is 4. The van der Waals surface area contributed by atoms with Crippen LogP contribution in [0.3, 0.4) is 0 Å². The Morgan fingerprint density at radius 2 is 1.60 bits per heavy atom. The number of carbonyl (C=O) groups is 1. The third-order valence-corrected chi connectivity index (χ3v) is 5.79. The van der Waals surface area contributed by atoms with Gasteiger partial charge in [0.05, 0.1) is 16.6 Å². The SMILES string of the molecule is Cc1cc(C(=O)NC(C)COc2ccccc2)ccc1NS(=O)(=O)c1ccccc1. The predicted octanol–water partition coefficient (Wildman–Crippen LogP) is 3.99. The number of carbonyl (C=O) groups excluding carboxylic acids is 1. The molecule has 2 N–H and O–H groups in total. The fourth-order valence-electron chi connectivity index (χ4n) is 2.81. The number of aryl methyl sites for hydroxylation is 1. The van der Waals surface area contributed by atoms with Gasteiger partial charge in [-0.25, -0.2) is 8.42 Å². The highest BCUT2D eigenvalue weighted by Crippen LogP contribution is 2.21. The quantitative estimate of drug-likeness (QED) is 0.573. The molecule has 0 heterocycles. The van der Waals surface area contributed by atoms with Crippen LogP contribution < -0.4 is 14.8 Å². The molecule has 0 saturated carbocycles. The predicted molar refractivity (Wildman–Crippen MR) is 117 cm³/mol. The van der Waals surface area contributed by atoms with Crippen molar-refractivity contribution in [3.05, 3.63) is 90.0 Å². The average Bonchev–Trinajstić information content (AvgIpc) is 2.75. The number of nitrogens with one attached hydrogen (secondary N) is 2. The molecule has 0 aliphatic carbocycles. The zero-order valence-corrected chi connectivity index (χ0v) is 17.6. The van der Waals surface area contributed by atoms with Gasteiger partial charge < -0.3 is 10.1 Å². The molecule has 1 amide bonds. The van der Waals surface area contributed by atoms with Crippen LogP contribution in [0.2, 0.25) is 0 Å². The molecule has 0 bridgehead atoms. The van der Waals surface area contributed by atoms with Gasteiger partial charge in [-0.3, -0.25) is 9.52 Å². The molecule has 0 radical (unpaired) electrons. The molecular weight excluding hydrogens is 400 g/mol. The summed E-state index contributed by atoms with van der Waals surface area (Å²) in [5.41, 5.74) is 1.52. The van der Waals surface area contributed by atoms with Crippen LogP contribution in [0.1, 0.15) is 22.8 Å². The van der Waals surface area contributed by atoms with Gasteiger partial charge >= 0.3 is 0 Å². The maximum atomic E-state index is 12.5. The summed E-state index contributed by atoms with van der Waals surface area (Å²) in [5.74, 6) is 0.490. The van der Waals surface area contributed by atoms with E-state index in [-0.39, 0.29) is 16.8 Å². The number of hydrogen-bond donors (Lipinski definition) is 2. The van der Waals surface area contributed by atoms with E-state index in [1.807, 2.05) is 37.3 Å². The zero-order valence-electron chi connectivity index (χ0n) is 16.8. The van der Waals surface area contributed by atoms with Gasteiger partial charge in [0.2, 0.25) is 0 Å². The molecule has 1 unspecified atom stereocenters. The van der Waals surface area contributed by atoms with Gasteiger partial charge in [-0.2, -0.15) is 0 Å². The van der Waals surface area contributed by atoms with Gasteiger partial charge in [0.1, 0.15) is 12.4 Å². The highest BCUT2D eigenvalue weighted by atomic mass is 32.2. The van der Waals surface area contributed by atoms with Crippen LogP contribution in [0.5, 0.6) is 5.75 Å². The minimum absolute atomic E-state index is 0.179. The summed E-state index contributed by atoms with van der Waals surface area (Å²) in [5, 5.41) is 2.88. The van der Waals surface area contributed by atoms with E-state index in [9.17, 15) is 13.2 Å². The molecule has 30 heavy (non-hydrogen) atoms. The van der Waals surface area contributed by atoms with E-state index in [0.717, 1.165) is 5.75 Å². The minimum atomic E-state index is -3.69. The fourth-order valence-corrected chi connectivity index (χ4v) is 3.96. The first-order valence-corrected chi connectivity index (χ1v) is 11.0. The lowest BCUT2D eigenvalue weighted by atomic mass is 10.1. The maximum Gasteiger partial charge on any atom is 0.261 e. The van der Waals surface area contributed by atoms with E-state index < -0.39 is 10.0 Å². The Morgan fingerprint density at radius 3 is 2.23 bits per heavy atom. The van der Waals surface area contributed by atoms with Crippen LogP contribution in [0.25, 0.3) is 0 Å². The number of amides is 1. The van der Waals surface area contributed by atoms with Crippen molar-refractivity contribution in [1.29, 1.82) is 0 Å². The summed E-state index contributed by atoms with van der Waals surface area (Å²) in [7, 11) is -3.69. The van der Waals surface area contributed by atoms with E-state index in [4.69, 9.17) is 4.74 Å². The standard InChI is InChI=1S/C23H24N2O4S/c1-17-15-19(23(26)24-18(2)16-29-20-9-5-3-6-10-20)13-14-22(17)25-30(27,28)21-11-7-4-8-12-21/h3-15,18,25H,16H2,1-2H3,(H,24,26). The second-order valence-electron chi connectivity index (χ2n) is 6.95. The Morgan fingerprint density at radius 1 is 0.967 bits per heavy atom. The Labute approximate surface area is 177 Å². The topological polar surface area (TPSA) is 84.5 Å². The lowest BCUT2D eigenvalue weighted by molar-refractivity contribution is 0.0926. The molecule has 156 valence electrons. The number of rotatable bonds is 8. The molecule has 3 aromatic carbocycles. The lowest BCUT2D eigenvalue weighted by Gasteiger charge is -2.16. The number of anilines is 1. The maximum absolute atomic E-state index is 12.5. The van der Waals surface area contributed by atoms with Gasteiger partial charge in [0.15, 0.2) is 0 Å². The van der Waals surface area contributed by atoms with Gasteiger partial charge in [0, 0.05) is 5.56 Å². The highest BCUT2D eigenvalue weighted by molar-refractivity contribution is 7.92. The van der Waals surface area contributed by atoms with Crippen molar-refractivity contribution in [2.75, 3.05) is 11.3 Å². The third kappa shape index (κ3) is 5.61. The molecule has 0 aliphatic rings. The highest BCUT2D eigenvalue weighted by Gasteiger charge is 2.16. The number of benzene rings is 3. The van der Waals surface area contributed by atoms with Crippen molar-refractivity contribution < 1.29 is 17.9 Å². The number of sulfonamides is 1. The van der Waals surface area contributed by atoms with Gasteiger partial charge in [-0.05, 0) is 61.9 Å². The van der Waals surface area contributed by atoms with Crippen molar-refractivity contribution >= 4 is 21.6 Å². The molecule has 0 aliphatic heterocycles. The molecule has 6 nitrogen and oxygen atoms in total. The molecule has 0 fully saturated rings. The van der Waals surface area contributed by atoms with Crippen LogP contribution in [0, 0.1) is 6.92 Å². The molecule has 0 aromatic heterocycles. The van der Waals surface area contributed by atoms with E-state index in [1.54, 1.807) is 43.3 Å². The Bertz CT molecular complexity index is 1100. The zero-order chi connectivity index (χ0) is 21.6. The van der Waals surface area contributed by atoms with Crippen LogP contribution in [0.15, 0.2) is 83.8 Å². The molecular formula is C23H24N2O4S. The van der Waals surface area contributed by atoms with E-state index in [0.29, 0.717) is 23.4 Å². The lowest BCUT2D eigenvalue weighted by Crippen LogP contribution is -2.36. The monoisotopic (exact) mass is 424 g/mol. The van der Waals surface area contributed by atoms with Gasteiger partial charge in [-0.1, -0.05) is 36.4 Å². The second kappa shape index (κ2) is 9.45. The third-order valence-electron chi connectivity index (χ3n) is 4.41. The van der Waals surface area contributed by atoms with Crippen LogP contribution >= 0.6 is 0 Å². The smallest absolute Gasteiger partial charge is 0.261 e. The number of ether oxygens (including phenoxy) is 1. The van der Waals surface area contributed by atoms with Crippen LogP contribution in [-0.2, 0) is 10.0 Å². The first kappa shape index (κ1) is 21.4. The Balaban J connectivity index is 1.62. The van der Waals surface area contributed by atoms with E-state index in [2.05, 4.69) is 10.0 Å². The molecule has 3 rings (SSSR count). The minimum Gasteiger partial charge on any atom is -0.491 e. The molecule has 0 saturated heterocycles. The fraction of sp³-hybridized carbons (Fsp3) is 0.174. The van der Waals surface area contributed by atoms with Crippen molar-refractivity contribution in [3.63, 3.8) is 0 Å². The van der Waals surface area contributed by atoms with Crippen LogP contribution in [-0.4, -0.2) is 27.0 Å². The van der Waals surface area contributed by atoms with E-state index >= 15 is 0 Å². The van der Waals surface area contributed by atoms with Crippen molar-refractivity contribution in [2.24, 2.45) is 0 Å². The summed E-state index contributed by atoms with van der Waals surface area (Å²) in [6.45, 7) is 3.95. The summed E-state index contributed by atoms with van der Waals surface area (Å²) in [6, 6.07) is 22.2. The van der Waals surface area contributed by atoms with Gasteiger partial charge in [0.25, 0.3) is 15.9 Å². The second-order valence-corrected chi connectivity index (χ2v) is 8.63. The largest absolute Gasteiger partial charge is 0.491 e. The van der Waals surface area contributed by atoms with Crippen molar-refractivity contribution in [1.82, 2.24) is 5.32 Å². The molecule has 7 heteroatoms. The average molecular weight is 425 g/mol. The molecule has 3 aromatic rings. The summed E-state index contributed by atoms with van der Waals surface area (Å²) in [6.07, 6.45) is 0. The van der Waals surface area contributed by atoms with Crippen molar-refractivity contribution in [2.45, 2.75) is 24.8 Å². The number of para-hydroxylation sites is 1. The van der Waals surface area contributed by atoms with E-state index in [1.165, 1.54) is 12.1 Å². The van der Waals surface area contributed by atoms with Crippen LogP contribution in [0.4, 0.5) is 5.69 Å². The molecule has 1 atom stereocenters. The van der Waals surface area contributed by atoms with Gasteiger partial charge in [-0.15, -0.1) is 0 Å². The first-order chi connectivity index (χ1) is 14.3. The summed E-state index contributed by atoms with van der Waals surface area (Å²) < 4.78 is 33.2.